The van der Waals surface area contributed by atoms with E-state index in [-0.39, 0.29) is 0 Å². The predicted octanol–water partition coefficient (Wildman–Crippen LogP) is 26.1. The summed E-state index contributed by atoms with van der Waals surface area (Å²) in [4.78, 5) is 41.3. The van der Waals surface area contributed by atoms with E-state index in [9.17, 15) is 0 Å². The van der Waals surface area contributed by atoms with Crippen LogP contribution in [-0.2, 0) is 0 Å². The van der Waals surface area contributed by atoms with E-state index in [1.165, 1.54) is 0 Å². The lowest BCUT2D eigenvalue weighted by Crippen LogP contribution is -1.97. The number of benzene rings is 12. The standard InChI is InChI=1S/C96H82N8O8/c1-49-25-17-26-50(2)81(49)105-73-41-65-66(42-74(73)106-82-51(3)27-18-28-52(82)4)90-97-89(65)101-91-67-43-75(107-83-53(5)29-19-30-54(83)6)76(108-84-55(7)31-20-32-56(84)8)44-68(67)93(98-91)103-95-71-47-79(111-87-61(13)37-23-38-62(87)14)80(112-88-63(15)39-24-40-64(88)16)48-72(71)96(100-95)104-94-70-46-78(110-86-59(11)35-22-36-60(86)12)77(45-69(70)92(99-94)102-90)109-85-57(9)33-21-34-58(85)10/h17-48H,1-16H3,(H2,97,98,99,100,101,102,103,104). The quantitative estimate of drug-likeness (QED) is 0.0932. The number of nitrogens with one attached hydrogen (secondary N) is 2. The van der Waals surface area contributed by atoms with Crippen LogP contribution in [0.5, 0.6) is 92.0 Å². The first-order valence-corrected chi connectivity index (χ1v) is 37.5. The van der Waals surface area contributed by atoms with Gasteiger partial charge in [0.05, 0.1) is 0 Å². The van der Waals surface area contributed by atoms with Gasteiger partial charge in [-0.3, -0.25) is 0 Å². The number of rotatable bonds is 16. The van der Waals surface area contributed by atoms with Gasteiger partial charge in [0.1, 0.15) is 68.6 Å². The number of ether oxygens (including phenoxy) is 8. The summed E-state index contributed by atoms with van der Waals surface area (Å²) in [5.41, 5.74) is 18.9. The van der Waals surface area contributed by atoms with Crippen LogP contribution in [0.3, 0.4) is 0 Å². The van der Waals surface area contributed by atoms with E-state index in [2.05, 4.69) is 9.97 Å². The minimum atomic E-state index is 0.293. The second-order valence-electron chi connectivity index (χ2n) is 29.6. The number of aromatic amines is 2. The van der Waals surface area contributed by atoms with Crippen molar-refractivity contribution in [2.45, 2.75) is 111 Å². The van der Waals surface area contributed by atoms with Crippen LogP contribution in [0.4, 0.5) is 0 Å². The van der Waals surface area contributed by atoms with Crippen molar-refractivity contribution in [2.24, 2.45) is 0 Å². The van der Waals surface area contributed by atoms with Gasteiger partial charge < -0.3 is 47.9 Å². The Balaban J connectivity index is 1.03. The second-order valence-corrected chi connectivity index (χ2v) is 29.6. The van der Waals surface area contributed by atoms with Gasteiger partial charge in [-0.25, -0.2) is 29.9 Å². The zero-order valence-corrected chi connectivity index (χ0v) is 65.4. The van der Waals surface area contributed by atoms with Gasteiger partial charge in [-0.1, -0.05) is 146 Å². The van der Waals surface area contributed by atoms with Gasteiger partial charge in [0.15, 0.2) is 69.3 Å². The summed E-state index contributed by atoms with van der Waals surface area (Å²) < 4.78 is 57.4. The van der Waals surface area contributed by atoms with Gasteiger partial charge in [0.2, 0.25) is 0 Å². The third kappa shape index (κ3) is 13.1. The van der Waals surface area contributed by atoms with Crippen molar-refractivity contribution in [3.63, 3.8) is 0 Å². The van der Waals surface area contributed by atoms with Crippen molar-refractivity contribution in [1.29, 1.82) is 0 Å². The topological polar surface area (TPSA) is 183 Å². The largest absolute Gasteiger partial charge is 0.453 e. The van der Waals surface area contributed by atoms with Crippen LogP contribution in [0.25, 0.3) is 89.7 Å². The lowest BCUT2D eigenvalue weighted by Gasteiger charge is -2.18. The smallest absolute Gasteiger partial charge is 0.170 e. The summed E-state index contributed by atoms with van der Waals surface area (Å²) >= 11 is 0. The number of nitrogens with zero attached hydrogens (tertiary/aromatic N) is 6. The molecule has 3 aromatic heterocycles. The zero-order chi connectivity index (χ0) is 77.7. The maximum atomic E-state index is 7.18. The molecule has 8 bridgehead atoms. The number of hydrogen-bond acceptors (Lipinski definition) is 14. The molecule has 0 aliphatic carbocycles. The number of fused-ring (bicyclic) bond motifs is 20. The molecule has 5 heterocycles. The molecule has 2 N–H and O–H groups in total. The maximum absolute atomic E-state index is 7.18. The average molecular weight is 1480 g/mol. The fourth-order valence-electron chi connectivity index (χ4n) is 15.0. The highest BCUT2D eigenvalue weighted by Gasteiger charge is 2.31. The van der Waals surface area contributed by atoms with Crippen LogP contribution >= 0.6 is 0 Å². The van der Waals surface area contributed by atoms with Crippen LogP contribution in [-0.4, -0.2) is 39.9 Å². The molecule has 17 rings (SSSR count). The number of para-hydroxylation sites is 8. The molecule has 554 valence electrons. The van der Waals surface area contributed by atoms with Crippen LogP contribution < -0.4 is 37.9 Å². The van der Waals surface area contributed by atoms with E-state index < -0.39 is 0 Å². The molecule has 0 radical (unpaired) electrons. The Kier molecular flexibility index (Phi) is 18.1. The summed E-state index contributed by atoms with van der Waals surface area (Å²) in [7, 11) is 0. The second kappa shape index (κ2) is 28.4. The Morgan fingerprint density at radius 2 is 0.312 bits per heavy atom. The molecule has 0 atom stereocenters. The highest BCUT2D eigenvalue weighted by atomic mass is 16.5. The van der Waals surface area contributed by atoms with Gasteiger partial charge in [-0.15, -0.1) is 0 Å². The summed E-state index contributed by atoms with van der Waals surface area (Å²) in [6.45, 7) is 32.6. The molecule has 0 fully saturated rings. The number of aromatic nitrogens is 8. The minimum Gasteiger partial charge on any atom is -0.453 e. The first-order valence-electron chi connectivity index (χ1n) is 37.5. The van der Waals surface area contributed by atoms with Gasteiger partial charge >= 0.3 is 0 Å². The number of hydrogen-bond donors (Lipinski definition) is 2. The SMILES string of the molecule is Cc1cccc(C)c1Oc1cc2c(cc1Oc1c(C)cccc1C)-c1nc-2nc2[nH]c(nc3nc(nc4[nH]c(n1)c1cc(Oc5c(C)cccc5C)c(Oc5c(C)cccc5C)cc41)-c1cc(Oc4c(C)cccc4C)c(Oc4c(C)cccc4C)cc1-3)c1cc(Oc3c(C)cccc3C)c(Oc3c(C)cccc3C)cc21. The lowest BCUT2D eigenvalue weighted by molar-refractivity contribution is 0.413. The van der Waals surface area contributed by atoms with Crippen molar-refractivity contribution in [3.05, 3.63) is 283 Å². The van der Waals surface area contributed by atoms with Crippen LogP contribution in [0.1, 0.15) is 89.0 Å². The highest BCUT2D eigenvalue weighted by molar-refractivity contribution is 6.08. The van der Waals surface area contributed by atoms with E-state index in [1.54, 1.807) is 0 Å². The molecule has 16 heteroatoms. The molecule has 12 aromatic carbocycles. The van der Waals surface area contributed by atoms with E-state index in [1.807, 2.05) is 305 Å². The molecule has 2 aliphatic rings. The molecule has 0 saturated heterocycles. The fraction of sp³-hybridized carbons (Fsp3) is 0.167. The maximum Gasteiger partial charge on any atom is 0.170 e. The molecule has 112 heavy (non-hydrogen) atoms. The zero-order valence-electron chi connectivity index (χ0n) is 65.4. The molecule has 0 spiro atoms. The fourth-order valence-corrected chi connectivity index (χ4v) is 15.0. The van der Waals surface area contributed by atoms with E-state index in [4.69, 9.17) is 67.8 Å². The van der Waals surface area contributed by atoms with Gasteiger partial charge in [-0.05, 0) is 248 Å². The van der Waals surface area contributed by atoms with E-state index in [0.717, 1.165) is 89.0 Å². The van der Waals surface area contributed by atoms with Crippen LogP contribution in [0, 0.1) is 111 Å². The lowest BCUT2D eigenvalue weighted by atomic mass is 10.1. The third-order valence-electron chi connectivity index (χ3n) is 21.1. The predicted molar refractivity (Wildman–Crippen MR) is 444 cm³/mol. The Morgan fingerprint density at radius 1 is 0.179 bits per heavy atom. The van der Waals surface area contributed by atoms with Crippen LogP contribution in [0.15, 0.2) is 194 Å². The molecule has 15 aromatic rings. The first kappa shape index (κ1) is 71.3. The Bertz CT molecular complexity index is 5690. The Labute approximate surface area is 649 Å². The van der Waals surface area contributed by atoms with Crippen LogP contribution in [0.2, 0.25) is 0 Å². The first-order chi connectivity index (χ1) is 54.0. The van der Waals surface area contributed by atoms with Crippen molar-refractivity contribution in [3.8, 4) is 138 Å². The van der Waals surface area contributed by atoms with Crippen molar-refractivity contribution in [2.75, 3.05) is 0 Å². The number of H-pyrrole nitrogens is 2. The van der Waals surface area contributed by atoms with E-state index >= 15 is 0 Å². The molecule has 16 nitrogen and oxygen atoms in total. The van der Waals surface area contributed by atoms with Gasteiger partial charge in [-0.2, -0.15) is 0 Å². The molecule has 0 saturated carbocycles. The Hall–Kier alpha value is -13.6. The molecule has 2 aliphatic heterocycles. The minimum absolute atomic E-state index is 0.293. The van der Waals surface area contributed by atoms with Gasteiger partial charge in [0.25, 0.3) is 0 Å². The summed E-state index contributed by atoms with van der Waals surface area (Å²) in [5.74, 6) is 9.99. The molecular weight excluding hydrogens is 1390 g/mol. The number of aryl methyl sites for hydroxylation is 16. The summed E-state index contributed by atoms with van der Waals surface area (Å²) in [5, 5.41) is 2.48. The average Bonchev–Trinajstić information content (AvgIpc) is 1.58. The Morgan fingerprint density at radius 3 is 0.455 bits per heavy atom. The highest BCUT2D eigenvalue weighted by Crippen LogP contribution is 2.52. The molecule has 0 amide bonds. The van der Waals surface area contributed by atoms with Crippen molar-refractivity contribution < 1.29 is 37.9 Å². The van der Waals surface area contributed by atoms with Gasteiger partial charge in [0, 0.05) is 43.8 Å². The monoisotopic (exact) mass is 1470 g/mol. The third-order valence-corrected chi connectivity index (χ3v) is 21.1. The van der Waals surface area contributed by atoms with Crippen molar-refractivity contribution in [1.82, 2.24) is 39.9 Å². The normalized spacial score (nSPS) is 11.6. The molecule has 0 unspecified atom stereocenters. The van der Waals surface area contributed by atoms with Crippen molar-refractivity contribution >= 4 is 44.1 Å². The summed E-state index contributed by atoms with van der Waals surface area (Å²) in [6.07, 6.45) is 0. The molecular formula is C96H82N8O8. The summed E-state index contributed by atoms with van der Waals surface area (Å²) in [6, 6.07) is 64.4. The van der Waals surface area contributed by atoms with E-state index in [0.29, 0.717) is 182 Å².